The van der Waals surface area contributed by atoms with Gasteiger partial charge in [0, 0.05) is 21.8 Å². The van der Waals surface area contributed by atoms with E-state index in [9.17, 15) is 10.1 Å². The number of nitro groups is 1. The predicted molar refractivity (Wildman–Crippen MR) is 74.5 cm³/mol. The molecule has 0 aliphatic rings. The number of halogens is 2. The first kappa shape index (κ1) is 14.6. The van der Waals surface area contributed by atoms with E-state index in [0.29, 0.717) is 15.2 Å². The molecular weight excluding hydrogens is 352 g/mol. The van der Waals surface area contributed by atoms with Crippen molar-refractivity contribution < 1.29 is 4.92 Å². The zero-order valence-corrected chi connectivity index (χ0v) is 12.9. The first-order valence-corrected chi connectivity index (χ1v) is 7.04. The molecule has 94 valence electrons. The summed E-state index contributed by atoms with van der Waals surface area (Å²) in [6, 6.07) is 1.50. The predicted octanol–water partition coefficient (Wildman–Crippen LogP) is 4.10. The van der Waals surface area contributed by atoms with Gasteiger partial charge in [-0.2, -0.15) is 0 Å². The van der Waals surface area contributed by atoms with E-state index in [-0.39, 0.29) is 5.69 Å². The Morgan fingerprint density at radius 2 is 2.18 bits per heavy atom. The van der Waals surface area contributed by atoms with Crippen LogP contribution in [0.25, 0.3) is 0 Å². The Labute approximate surface area is 117 Å². The van der Waals surface area contributed by atoms with Crippen molar-refractivity contribution in [3.63, 3.8) is 0 Å². The summed E-state index contributed by atoms with van der Waals surface area (Å²) >= 11 is 6.92. The molecule has 1 heterocycles. The van der Waals surface area contributed by atoms with Gasteiger partial charge in [-0.1, -0.05) is 29.8 Å². The average Bonchev–Trinajstić information content (AvgIpc) is 2.19. The van der Waals surface area contributed by atoms with Crippen LogP contribution in [0.5, 0.6) is 0 Å². The quantitative estimate of drug-likeness (QED) is 0.448. The van der Waals surface area contributed by atoms with Gasteiger partial charge in [0.15, 0.2) is 0 Å². The normalized spacial score (nSPS) is 12.8. The van der Waals surface area contributed by atoms with Crippen LogP contribution in [0.4, 0.5) is 5.69 Å². The molecule has 0 radical (unpaired) electrons. The molecule has 0 bridgehead atoms. The molecule has 0 N–H and O–H groups in total. The standard InChI is InChI=1S/C11H14Br2N2O2/c1-7(2)3-8(12)4-11-10(13)5-9(6-14-11)15(16)17/h5-8H,3-4H2,1-2H3. The molecular formula is C11H14Br2N2O2. The number of alkyl halides is 1. The lowest BCUT2D eigenvalue weighted by Crippen LogP contribution is -2.08. The zero-order chi connectivity index (χ0) is 13.0. The number of hydrogen-bond acceptors (Lipinski definition) is 3. The Balaban J connectivity index is 2.75. The molecule has 1 rings (SSSR count). The van der Waals surface area contributed by atoms with Crippen molar-refractivity contribution in [1.29, 1.82) is 0 Å². The lowest BCUT2D eigenvalue weighted by atomic mass is 10.0. The summed E-state index contributed by atoms with van der Waals surface area (Å²) in [7, 11) is 0. The minimum absolute atomic E-state index is 0.00982. The Hall–Kier alpha value is -0.490. The van der Waals surface area contributed by atoms with Crippen LogP contribution in [-0.4, -0.2) is 14.7 Å². The van der Waals surface area contributed by atoms with Gasteiger partial charge in [0.25, 0.3) is 5.69 Å². The molecule has 0 aliphatic heterocycles. The van der Waals surface area contributed by atoms with Crippen molar-refractivity contribution in [2.45, 2.75) is 31.5 Å². The van der Waals surface area contributed by atoms with Crippen molar-refractivity contribution >= 4 is 37.5 Å². The van der Waals surface area contributed by atoms with Crippen molar-refractivity contribution in [2.75, 3.05) is 0 Å². The van der Waals surface area contributed by atoms with E-state index >= 15 is 0 Å². The maximum atomic E-state index is 10.6. The van der Waals surface area contributed by atoms with Gasteiger partial charge in [-0.15, -0.1) is 0 Å². The highest BCUT2D eigenvalue weighted by molar-refractivity contribution is 9.10. The van der Waals surface area contributed by atoms with Gasteiger partial charge < -0.3 is 0 Å². The number of nitrogens with zero attached hydrogens (tertiary/aromatic N) is 2. The highest BCUT2D eigenvalue weighted by Gasteiger charge is 2.14. The molecule has 0 fully saturated rings. The molecule has 0 spiro atoms. The molecule has 0 saturated heterocycles. The highest BCUT2D eigenvalue weighted by Crippen LogP contribution is 2.24. The summed E-state index contributed by atoms with van der Waals surface area (Å²) < 4.78 is 0.694. The third kappa shape index (κ3) is 4.71. The second-order valence-electron chi connectivity index (χ2n) is 4.31. The molecule has 1 atom stereocenters. The molecule has 1 unspecified atom stereocenters. The van der Waals surface area contributed by atoms with Crippen molar-refractivity contribution in [2.24, 2.45) is 5.92 Å². The molecule has 0 saturated carbocycles. The van der Waals surface area contributed by atoms with Gasteiger partial charge in [-0.3, -0.25) is 15.1 Å². The second-order valence-corrected chi connectivity index (χ2v) is 6.46. The Kier molecular flexibility index (Phi) is 5.52. The van der Waals surface area contributed by atoms with E-state index in [0.717, 1.165) is 18.5 Å². The topological polar surface area (TPSA) is 56.0 Å². The molecule has 0 amide bonds. The van der Waals surface area contributed by atoms with Crippen molar-refractivity contribution in [1.82, 2.24) is 4.98 Å². The third-order valence-electron chi connectivity index (χ3n) is 2.26. The first-order valence-electron chi connectivity index (χ1n) is 5.33. The third-order valence-corrected chi connectivity index (χ3v) is 3.64. The van der Waals surface area contributed by atoms with Crippen molar-refractivity contribution in [3.05, 3.63) is 32.5 Å². The Morgan fingerprint density at radius 1 is 1.53 bits per heavy atom. The largest absolute Gasteiger partial charge is 0.288 e. The number of rotatable bonds is 5. The summed E-state index contributed by atoms with van der Waals surface area (Å²) in [4.78, 5) is 14.6. The monoisotopic (exact) mass is 364 g/mol. The molecule has 4 nitrogen and oxygen atoms in total. The Morgan fingerprint density at radius 3 is 2.65 bits per heavy atom. The maximum Gasteiger partial charge on any atom is 0.288 e. The van der Waals surface area contributed by atoms with Crippen LogP contribution < -0.4 is 0 Å². The van der Waals surface area contributed by atoms with Crippen LogP contribution in [0, 0.1) is 16.0 Å². The fourth-order valence-corrected chi connectivity index (χ4v) is 3.06. The smallest absolute Gasteiger partial charge is 0.258 e. The van der Waals surface area contributed by atoms with Gasteiger partial charge in [-0.05, 0) is 28.3 Å². The fraction of sp³-hybridized carbons (Fsp3) is 0.545. The summed E-state index contributed by atoms with van der Waals surface area (Å²) in [5.41, 5.74) is 0.855. The minimum Gasteiger partial charge on any atom is -0.258 e. The fourth-order valence-electron chi connectivity index (χ4n) is 1.51. The van der Waals surface area contributed by atoms with E-state index in [1.807, 2.05) is 0 Å². The first-order chi connectivity index (χ1) is 7.90. The lowest BCUT2D eigenvalue weighted by Gasteiger charge is -2.12. The van der Waals surface area contributed by atoms with Crippen molar-refractivity contribution in [3.8, 4) is 0 Å². The van der Waals surface area contributed by atoms with Crippen LogP contribution in [0.2, 0.25) is 0 Å². The minimum atomic E-state index is -0.443. The average molecular weight is 366 g/mol. The van der Waals surface area contributed by atoms with E-state index < -0.39 is 4.92 Å². The van der Waals surface area contributed by atoms with Crippen LogP contribution in [-0.2, 0) is 6.42 Å². The van der Waals surface area contributed by atoms with Crippen LogP contribution in [0.3, 0.4) is 0 Å². The van der Waals surface area contributed by atoms with Crippen LogP contribution in [0.1, 0.15) is 26.0 Å². The molecule has 1 aromatic rings. The zero-order valence-electron chi connectivity index (χ0n) is 9.69. The summed E-state index contributed by atoms with van der Waals surface area (Å²) in [5, 5.41) is 10.6. The molecule has 0 aliphatic carbocycles. The number of pyridine rings is 1. The van der Waals surface area contributed by atoms with E-state index in [1.54, 1.807) is 0 Å². The van der Waals surface area contributed by atoms with Gasteiger partial charge in [0.1, 0.15) is 6.20 Å². The van der Waals surface area contributed by atoms with E-state index in [1.165, 1.54) is 12.3 Å². The van der Waals surface area contributed by atoms with Gasteiger partial charge >= 0.3 is 0 Å². The second kappa shape index (κ2) is 6.44. The van der Waals surface area contributed by atoms with E-state index in [2.05, 4.69) is 50.7 Å². The number of hydrogen-bond donors (Lipinski definition) is 0. The lowest BCUT2D eigenvalue weighted by molar-refractivity contribution is -0.385. The van der Waals surface area contributed by atoms with Gasteiger partial charge in [-0.25, -0.2) is 0 Å². The van der Waals surface area contributed by atoms with Gasteiger partial charge in [0.05, 0.1) is 10.6 Å². The molecule has 17 heavy (non-hydrogen) atoms. The van der Waals surface area contributed by atoms with Crippen LogP contribution >= 0.6 is 31.9 Å². The molecule has 1 aromatic heterocycles. The summed E-state index contributed by atoms with van der Waals surface area (Å²) in [5.74, 6) is 0.608. The summed E-state index contributed by atoms with van der Waals surface area (Å²) in [6.45, 7) is 4.32. The Bertz CT molecular complexity index is 410. The summed E-state index contributed by atoms with van der Waals surface area (Å²) in [6.07, 6.45) is 3.11. The molecule has 6 heteroatoms. The van der Waals surface area contributed by atoms with Gasteiger partial charge in [0.2, 0.25) is 0 Å². The van der Waals surface area contributed by atoms with E-state index in [4.69, 9.17) is 0 Å². The highest BCUT2D eigenvalue weighted by atomic mass is 79.9. The van der Waals surface area contributed by atoms with Crippen LogP contribution in [0.15, 0.2) is 16.7 Å². The maximum absolute atomic E-state index is 10.6. The number of aromatic nitrogens is 1. The molecule has 0 aromatic carbocycles. The SMILES string of the molecule is CC(C)CC(Br)Cc1ncc([N+](=O)[O-])cc1Br.